The summed E-state index contributed by atoms with van der Waals surface area (Å²) in [5.41, 5.74) is 0.669. The van der Waals surface area contributed by atoms with Crippen LogP contribution in [0.25, 0.3) is 0 Å². The van der Waals surface area contributed by atoms with Gasteiger partial charge in [0.2, 0.25) is 5.91 Å². The molecule has 0 spiro atoms. The molecule has 0 atom stereocenters. The highest BCUT2D eigenvalue weighted by atomic mass is 16.5. The molecule has 0 saturated heterocycles. The zero-order valence-electron chi connectivity index (χ0n) is 11.4. The van der Waals surface area contributed by atoms with Crippen LogP contribution in [-0.4, -0.2) is 31.1 Å². The molecule has 108 valence electrons. The van der Waals surface area contributed by atoms with Crippen molar-refractivity contribution in [1.82, 2.24) is 10.6 Å². The summed E-state index contributed by atoms with van der Waals surface area (Å²) in [4.78, 5) is 23.0. The zero-order valence-corrected chi connectivity index (χ0v) is 11.4. The maximum Gasteiger partial charge on any atom is 0.315 e. The van der Waals surface area contributed by atoms with E-state index in [0.29, 0.717) is 12.3 Å². The minimum Gasteiger partial charge on any atom is -0.494 e. The number of ether oxygens (including phenoxy) is 1. The Kier molecular flexibility index (Phi) is 4.81. The summed E-state index contributed by atoms with van der Waals surface area (Å²) in [5.74, 6) is 0.493. The van der Waals surface area contributed by atoms with Crippen LogP contribution < -0.4 is 20.7 Å². The molecule has 1 saturated carbocycles. The van der Waals surface area contributed by atoms with Crippen molar-refractivity contribution in [3.63, 3.8) is 0 Å². The van der Waals surface area contributed by atoms with Gasteiger partial charge >= 0.3 is 6.03 Å². The maximum atomic E-state index is 11.6. The number of benzene rings is 1. The van der Waals surface area contributed by atoms with Crippen molar-refractivity contribution in [1.29, 1.82) is 0 Å². The fourth-order valence-corrected chi connectivity index (χ4v) is 1.63. The maximum absolute atomic E-state index is 11.6. The van der Waals surface area contributed by atoms with Crippen molar-refractivity contribution in [2.24, 2.45) is 0 Å². The molecule has 6 heteroatoms. The Hall–Kier alpha value is -2.24. The second-order valence-corrected chi connectivity index (χ2v) is 4.61. The smallest absolute Gasteiger partial charge is 0.315 e. The fraction of sp³-hybridized carbons (Fsp3) is 0.429. The number of hydrogen-bond acceptors (Lipinski definition) is 3. The second-order valence-electron chi connectivity index (χ2n) is 4.61. The molecule has 6 nitrogen and oxygen atoms in total. The van der Waals surface area contributed by atoms with Crippen LogP contribution >= 0.6 is 0 Å². The number of hydrogen-bond donors (Lipinski definition) is 3. The standard InChI is InChI=1S/C14H19N3O3/c1-2-20-12-7-5-10(6-8-12)16-13(18)9-15-14(19)17-11-3-4-11/h5-8,11H,2-4,9H2,1H3,(H,16,18)(H2,15,17,19). The van der Waals surface area contributed by atoms with E-state index in [2.05, 4.69) is 16.0 Å². The fourth-order valence-electron chi connectivity index (χ4n) is 1.63. The van der Waals surface area contributed by atoms with Gasteiger partial charge in [-0.05, 0) is 44.0 Å². The molecule has 0 unspecified atom stereocenters. The first kappa shape index (κ1) is 14.2. The van der Waals surface area contributed by atoms with Crippen molar-refractivity contribution in [2.45, 2.75) is 25.8 Å². The van der Waals surface area contributed by atoms with Gasteiger partial charge in [-0.15, -0.1) is 0 Å². The lowest BCUT2D eigenvalue weighted by Crippen LogP contribution is -2.40. The summed E-state index contributed by atoms with van der Waals surface area (Å²) < 4.78 is 5.31. The number of anilines is 1. The lowest BCUT2D eigenvalue weighted by atomic mass is 10.3. The molecular weight excluding hydrogens is 258 g/mol. The Morgan fingerprint density at radius 3 is 2.55 bits per heavy atom. The Morgan fingerprint density at radius 1 is 1.25 bits per heavy atom. The minimum absolute atomic E-state index is 0.0498. The van der Waals surface area contributed by atoms with Gasteiger partial charge in [0.05, 0.1) is 13.2 Å². The van der Waals surface area contributed by atoms with Gasteiger partial charge in [0.1, 0.15) is 5.75 Å². The summed E-state index contributed by atoms with van der Waals surface area (Å²) in [6, 6.07) is 7.07. The van der Waals surface area contributed by atoms with Gasteiger partial charge in [-0.2, -0.15) is 0 Å². The molecule has 1 aromatic rings. The molecule has 1 aliphatic carbocycles. The van der Waals surface area contributed by atoms with Crippen LogP contribution in [0.4, 0.5) is 10.5 Å². The Labute approximate surface area is 117 Å². The summed E-state index contributed by atoms with van der Waals surface area (Å²) in [6.07, 6.45) is 2.04. The largest absolute Gasteiger partial charge is 0.494 e. The average Bonchev–Trinajstić information content (AvgIpc) is 3.23. The molecule has 3 amide bonds. The predicted molar refractivity (Wildman–Crippen MR) is 75.8 cm³/mol. The highest BCUT2D eigenvalue weighted by molar-refractivity contribution is 5.94. The first-order chi connectivity index (χ1) is 9.67. The number of carbonyl (C=O) groups is 2. The number of nitrogens with one attached hydrogen (secondary N) is 3. The van der Waals surface area contributed by atoms with E-state index in [0.717, 1.165) is 18.6 Å². The van der Waals surface area contributed by atoms with Crippen LogP contribution in [0.1, 0.15) is 19.8 Å². The van der Waals surface area contributed by atoms with Gasteiger partial charge < -0.3 is 20.7 Å². The highest BCUT2D eigenvalue weighted by Gasteiger charge is 2.23. The van der Waals surface area contributed by atoms with Crippen molar-refractivity contribution >= 4 is 17.6 Å². The van der Waals surface area contributed by atoms with Crippen LogP contribution in [0.2, 0.25) is 0 Å². The minimum atomic E-state index is -0.297. The zero-order chi connectivity index (χ0) is 14.4. The third-order valence-electron chi connectivity index (χ3n) is 2.77. The molecule has 3 N–H and O–H groups in total. The van der Waals surface area contributed by atoms with E-state index in [1.807, 2.05) is 6.92 Å². The van der Waals surface area contributed by atoms with Crippen molar-refractivity contribution < 1.29 is 14.3 Å². The molecule has 0 radical (unpaired) electrons. The van der Waals surface area contributed by atoms with Gasteiger partial charge in [0, 0.05) is 11.7 Å². The van der Waals surface area contributed by atoms with E-state index in [1.165, 1.54) is 0 Å². The Balaban J connectivity index is 1.71. The normalized spacial score (nSPS) is 13.4. The molecule has 1 aliphatic rings. The molecule has 2 rings (SSSR count). The summed E-state index contributed by atoms with van der Waals surface area (Å²) >= 11 is 0. The molecule has 1 aromatic carbocycles. The second kappa shape index (κ2) is 6.79. The van der Waals surface area contributed by atoms with Crippen LogP contribution in [0.15, 0.2) is 24.3 Å². The van der Waals surface area contributed by atoms with Crippen molar-refractivity contribution in [2.75, 3.05) is 18.5 Å². The van der Waals surface area contributed by atoms with Crippen LogP contribution in [0.5, 0.6) is 5.75 Å². The van der Waals surface area contributed by atoms with Gasteiger partial charge in [-0.25, -0.2) is 4.79 Å². The summed E-state index contributed by atoms with van der Waals surface area (Å²) in [7, 11) is 0. The van der Waals surface area contributed by atoms with Crippen LogP contribution in [0.3, 0.4) is 0 Å². The van der Waals surface area contributed by atoms with E-state index in [-0.39, 0.29) is 24.5 Å². The van der Waals surface area contributed by atoms with Crippen molar-refractivity contribution in [3.05, 3.63) is 24.3 Å². The average molecular weight is 277 g/mol. The van der Waals surface area contributed by atoms with Gasteiger partial charge in [0.15, 0.2) is 0 Å². The van der Waals surface area contributed by atoms with E-state index < -0.39 is 0 Å². The number of carbonyl (C=O) groups excluding carboxylic acids is 2. The third-order valence-corrected chi connectivity index (χ3v) is 2.77. The number of rotatable bonds is 6. The lowest BCUT2D eigenvalue weighted by molar-refractivity contribution is -0.115. The van der Waals surface area contributed by atoms with Crippen LogP contribution in [-0.2, 0) is 4.79 Å². The lowest BCUT2D eigenvalue weighted by Gasteiger charge is -2.08. The first-order valence-electron chi connectivity index (χ1n) is 6.74. The van der Waals surface area contributed by atoms with Gasteiger partial charge in [0.25, 0.3) is 0 Å². The summed E-state index contributed by atoms with van der Waals surface area (Å²) in [6.45, 7) is 2.46. The Morgan fingerprint density at radius 2 is 1.95 bits per heavy atom. The van der Waals surface area contributed by atoms with E-state index >= 15 is 0 Å². The van der Waals surface area contributed by atoms with E-state index in [1.54, 1.807) is 24.3 Å². The third kappa shape index (κ3) is 4.79. The monoisotopic (exact) mass is 277 g/mol. The van der Waals surface area contributed by atoms with Gasteiger partial charge in [-0.3, -0.25) is 4.79 Å². The molecule has 0 heterocycles. The van der Waals surface area contributed by atoms with Crippen LogP contribution in [0, 0.1) is 0 Å². The summed E-state index contributed by atoms with van der Waals surface area (Å²) in [5, 5.41) is 7.97. The van der Waals surface area contributed by atoms with E-state index in [4.69, 9.17) is 4.74 Å². The SMILES string of the molecule is CCOc1ccc(NC(=O)CNC(=O)NC2CC2)cc1. The number of amides is 3. The molecule has 0 aromatic heterocycles. The number of urea groups is 1. The quantitative estimate of drug-likeness (QED) is 0.737. The molecule has 20 heavy (non-hydrogen) atoms. The van der Waals surface area contributed by atoms with Gasteiger partial charge in [-0.1, -0.05) is 0 Å². The Bertz CT molecular complexity index is 469. The molecule has 1 fully saturated rings. The highest BCUT2D eigenvalue weighted by Crippen LogP contribution is 2.18. The molecule has 0 aliphatic heterocycles. The molecular formula is C14H19N3O3. The van der Waals surface area contributed by atoms with E-state index in [9.17, 15) is 9.59 Å². The van der Waals surface area contributed by atoms with Crippen molar-refractivity contribution in [3.8, 4) is 5.75 Å². The predicted octanol–water partition coefficient (Wildman–Crippen LogP) is 1.49. The topological polar surface area (TPSA) is 79.5 Å². The molecule has 0 bridgehead atoms. The first-order valence-corrected chi connectivity index (χ1v) is 6.74.